The standard InChI is InChI=1S/C20H21NO3S/c1-4-13-24-18-11-5-15(14-19(18)23-2)6-12-20(22)21-16-7-9-17(25-3)10-8-16/h4-12,14H,1,13H2,2-3H3,(H,21,22)/b12-6+. The Morgan fingerprint density at radius 3 is 2.60 bits per heavy atom. The summed E-state index contributed by atoms with van der Waals surface area (Å²) in [5, 5.41) is 2.83. The largest absolute Gasteiger partial charge is 0.493 e. The maximum atomic E-state index is 12.0. The van der Waals surface area contributed by atoms with Crippen molar-refractivity contribution in [1.29, 1.82) is 0 Å². The SMILES string of the molecule is C=CCOc1ccc(/C=C/C(=O)Nc2ccc(SC)cc2)cc1OC. The average molecular weight is 355 g/mol. The summed E-state index contributed by atoms with van der Waals surface area (Å²) in [4.78, 5) is 13.2. The van der Waals surface area contributed by atoms with Gasteiger partial charge < -0.3 is 14.8 Å². The fraction of sp³-hybridized carbons (Fsp3) is 0.150. The predicted octanol–water partition coefficient (Wildman–Crippen LogP) is 4.63. The van der Waals surface area contributed by atoms with Gasteiger partial charge in [-0.15, -0.1) is 11.8 Å². The molecule has 2 aromatic carbocycles. The van der Waals surface area contributed by atoms with Gasteiger partial charge in [0.1, 0.15) is 6.61 Å². The lowest BCUT2D eigenvalue weighted by Crippen LogP contribution is -2.07. The summed E-state index contributed by atoms with van der Waals surface area (Å²) >= 11 is 1.66. The highest BCUT2D eigenvalue weighted by atomic mass is 32.2. The average Bonchev–Trinajstić information content (AvgIpc) is 2.65. The van der Waals surface area contributed by atoms with Gasteiger partial charge in [-0.3, -0.25) is 4.79 Å². The van der Waals surface area contributed by atoms with Crippen molar-refractivity contribution in [1.82, 2.24) is 0 Å². The number of rotatable bonds is 8. The number of anilines is 1. The molecule has 25 heavy (non-hydrogen) atoms. The molecule has 0 radical (unpaired) electrons. The van der Waals surface area contributed by atoms with Crippen molar-refractivity contribution in [2.24, 2.45) is 0 Å². The van der Waals surface area contributed by atoms with Crippen molar-refractivity contribution in [3.63, 3.8) is 0 Å². The highest BCUT2D eigenvalue weighted by Crippen LogP contribution is 2.28. The summed E-state index contributed by atoms with van der Waals surface area (Å²) in [6.07, 6.45) is 6.90. The Hall–Kier alpha value is -2.66. The maximum absolute atomic E-state index is 12.0. The highest BCUT2D eigenvalue weighted by molar-refractivity contribution is 7.98. The van der Waals surface area contributed by atoms with Gasteiger partial charge >= 0.3 is 0 Å². The van der Waals surface area contributed by atoms with E-state index in [2.05, 4.69) is 11.9 Å². The number of nitrogens with one attached hydrogen (secondary N) is 1. The molecule has 5 heteroatoms. The minimum atomic E-state index is -0.192. The van der Waals surface area contributed by atoms with E-state index in [1.165, 1.54) is 6.08 Å². The van der Waals surface area contributed by atoms with Crippen molar-refractivity contribution in [2.75, 3.05) is 25.3 Å². The molecule has 0 atom stereocenters. The number of ether oxygens (including phenoxy) is 2. The molecular formula is C20H21NO3S. The molecule has 0 saturated heterocycles. The Balaban J connectivity index is 2.01. The number of hydrogen-bond donors (Lipinski definition) is 1. The second-order valence-corrected chi connectivity index (χ2v) is 5.94. The second kappa shape index (κ2) is 9.59. The molecule has 0 saturated carbocycles. The topological polar surface area (TPSA) is 47.6 Å². The van der Waals surface area contributed by atoms with Crippen LogP contribution in [-0.2, 0) is 4.79 Å². The summed E-state index contributed by atoms with van der Waals surface area (Å²) < 4.78 is 10.8. The lowest BCUT2D eigenvalue weighted by atomic mass is 10.2. The van der Waals surface area contributed by atoms with Crippen LogP contribution in [0, 0.1) is 0 Å². The molecule has 0 aliphatic rings. The van der Waals surface area contributed by atoms with Crippen LogP contribution in [0.1, 0.15) is 5.56 Å². The minimum Gasteiger partial charge on any atom is -0.493 e. The van der Waals surface area contributed by atoms with Crippen LogP contribution in [0.2, 0.25) is 0 Å². The van der Waals surface area contributed by atoms with Gasteiger partial charge in [0.2, 0.25) is 5.91 Å². The molecule has 1 N–H and O–H groups in total. The molecule has 0 aliphatic carbocycles. The van der Waals surface area contributed by atoms with Crippen molar-refractivity contribution in [3.05, 3.63) is 66.8 Å². The van der Waals surface area contributed by atoms with Crippen molar-refractivity contribution in [2.45, 2.75) is 4.90 Å². The molecule has 0 unspecified atom stereocenters. The molecule has 2 rings (SSSR count). The summed E-state index contributed by atoms with van der Waals surface area (Å²) in [5.41, 5.74) is 1.61. The van der Waals surface area contributed by atoms with E-state index in [4.69, 9.17) is 9.47 Å². The van der Waals surface area contributed by atoms with Gasteiger partial charge in [-0.25, -0.2) is 0 Å². The van der Waals surface area contributed by atoms with Crippen LogP contribution in [0.5, 0.6) is 11.5 Å². The number of carbonyl (C=O) groups excluding carboxylic acids is 1. The first-order valence-electron chi connectivity index (χ1n) is 7.71. The van der Waals surface area contributed by atoms with Gasteiger partial charge in [-0.1, -0.05) is 18.7 Å². The van der Waals surface area contributed by atoms with Gasteiger partial charge in [0.25, 0.3) is 0 Å². The molecule has 2 aromatic rings. The first-order valence-corrected chi connectivity index (χ1v) is 8.93. The first-order chi connectivity index (χ1) is 12.2. The predicted molar refractivity (Wildman–Crippen MR) is 105 cm³/mol. The molecule has 0 fully saturated rings. The summed E-state index contributed by atoms with van der Waals surface area (Å²) in [6, 6.07) is 13.2. The smallest absolute Gasteiger partial charge is 0.248 e. The first kappa shape index (κ1) is 18.7. The van der Waals surface area contributed by atoms with Crippen LogP contribution in [0.4, 0.5) is 5.69 Å². The molecule has 0 aliphatic heterocycles. The Labute approximate surface area is 152 Å². The van der Waals surface area contributed by atoms with E-state index in [1.807, 2.05) is 42.7 Å². The van der Waals surface area contributed by atoms with E-state index >= 15 is 0 Å². The zero-order valence-electron chi connectivity index (χ0n) is 14.3. The van der Waals surface area contributed by atoms with Gasteiger partial charge in [0.05, 0.1) is 7.11 Å². The second-order valence-electron chi connectivity index (χ2n) is 5.06. The van der Waals surface area contributed by atoms with Crippen LogP contribution < -0.4 is 14.8 Å². The fourth-order valence-electron chi connectivity index (χ4n) is 2.09. The maximum Gasteiger partial charge on any atom is 0.248 e. The van der Waals surface area contributed by atoms with Gasteiger partial charge in [-0.2, -0.15) is 0 Å². The Morgan fingerprint density at radius 2 is 1.96 bits per heavy atom. The van der Waals surface area contributed by atoms with Gasteiger partial charge in [0.15, 0.2) is 11.5 Å². The van der Waals surface area contributed by atoms with Gasteiger partial charge in [0, 0.05) is 16.7 Å². The quantitative estimate of drug-likeness (QED) is 0.426. The number of benzene rings is 2. The molecule has 0 bridgehead atoms. The van der Waals surface area contributed by atoms with E-state index in [1.54, 1.807) is 37.1 Å². The molecule has 0 heterocycles. The number of methoxy groups -OCH3 is 1. The zero-order valence-corrected chi connectivity index (χ0v) is 15.1. The van der Waals surface area contributed by atoms with Crippen LogP contribution in [0.3, 0.4) is 0 Å². The summed E-state index contributed by atoms with van der Waals surface area (Å²) in [6.45, 7) is 4.03. The van der Waals surface area contributed by atoms with Crippen LogP contribution in [0.25, 0.3) is 6.08 Å². The van der Waals surface area contributed by atoms with Crippen LogP contribution >= 0.6 is 11.8 Å². The van der Waals surface area contributed by atoms with Crippen molar-refractivity contribution >= 4 is 29.4 Å². The molecule has 4 nitrogen and oxygen atoms in total. The molecule has 0 aromatic heterocycles. The minimum absolute atomic E-state index is 0.192. The number of hydrogen-bond acceptors (Lipinski definition) is 4. The van der Waals surface area contributed by atoms with Crippen molar-refractivity contribution < 1.29 is 14.3 Å². The molecule has 0 spiro atoms. The van der Waals surface area contributed by atoms with Crippen LogP contribution in [0.15, 0.2) is 66.1 Å². The van der Waals surface area contributed by atoms with Gasteiger partial charge in [-0.05, 0) is 54.3 Å². The zero-order chi connectivity index (χ0) is 18.1. The molecule has 1 amide bonds. The lowest BCUT2D eigenvalue weighted by Gasteiger charge is -2.09. The summed E-state index contributed by atoms with van der Waals surface area (Å²) in [5.74, 6) is 1.05. The Bertz CT molecular complexity index is 754. The third kappa shape index (κ3) is 5.72. The normalized spacial score (nSPS) is 10.5. The third-order valence-electron chi connectivity index (χ3n) is 3.33. The number of thioether (sulfide) groups is 1. The highest BCUT2D eigenvalue weighted by Gasteiger charge is 2.04. The van der Waals surface area contributed by atoms with E-state index in [-0.39, 0.29) is 5.91 Å². The van der Waals surface area contributed by atoms with E-state index < -0.39 is 0 Å². The monoisotopic (exact) mass is 355 g/mol. The Morgan fingerprint density at radius 1 is 1.20 bits per heavy atom. The van der Waals surface area contributed by atoms with Crippen molar-refractivity contribution in [3.8, 4) is 11.5 Å². The van der Waals surface area contributed by atoms with Crippen LogP contribution in [-0.4, -0.2) is 25.9 Å². The summed E-state index contributed by atoms with van der Waals surface area (Å²) in [7, 11) is 1.58. The number of amides is 1. The third-order valence-corrected chi connectivity index (χ3v) is 4.07. The lowest BCUT2D eigenvalue weighted by molar-refractivity contribution is -0.111. The van der Waals surface area contributed by atoms with E-state index in [0.717, 1.165) is 16.1 Å². The molecular weight excluding hydrogens is 334 g/mol. The Kier molecular flexibility index (Phi) is 7.16. The molecule has 130 valence electrons. The van der Waals surface area contributed by atoms with E-state index in [0.29, 0.717) is 18.1 Å². The van der Waals surface area contributed by atoms with E-state index in [9.17, 15) is 4.79 Å². The number of carbonyl (C=O) groups is 1. The fourth-order valence-corrected chi connectivity index (χ4v) is 2.49.